The number of likely N-dealkylation sites (tertiary alicyclic amines) is 1. The minimum Gasteiger partial charge on any atom is -0.308 e. The van der Waals surface area contributed by atoms with Crippen molar-refractivity contribution in [2.75, 3.05) is 25.1 Å². The fourth-order valence-electron chi connectivity index (χ4n) is 5.69. The second-order valence-electron chi connectivity index (χ2n) is 9.80. The lowest BCUT2D eigenvalue weighted by atomic mass is 9.81. The predicted molar refractivity (Wildman–Crippen MR) is 129 cm³/mol. The zero-order valence-corrected chi connectivity index (χ0v) is 19.5. The number of rotatable bonds is 7. The van der Waals surface area contributed by atoms with Gasteiger partial charge < -0.3 is 9.80 Å². The molecule has 2 N–H and O–H groups in total. The molecule has 176 valence electrons. The second kappa shape index (κ2) is 10.5. The Hall–Kier alpha value is -2.73. The van der Waals surface area contributed by atoms with Crippen LogP contribution in [0.4, 0.5) is 14.9 Å². The first-order valence-corrected chi connectivity index (χ1v) is 12.2. The number of amides is 2. The number of urea groups is 1. The first kappa shape index (κ1) is 23.4. The smallest absolute Gasteiger partial charge is 0.308 e. The van der Waals surface area contributed by atoms with E-state index in [2.05, 4.69) is 10.6 Å². The molecule has 6 heteroatoms. The van der Waals surface area contributed by atoms with Gasteiger partial charge in [0.1, 0.15) is 5.82 Å². The third kappa shape index (κ3) is 5.99. The molecule has 1 saturated carbocycles. The van der Waals surface area contributed by atoms with E-state index in [0.29, 0.717) is 29.9 Å². The molecular weight excluding hydrogens is 417 g/mol. The molecule has 0 unspecified atom stereocenters. The fourth-order valence-corrected chi connectivity index (χ4v) is 5.69. The van der Waals surface area contributed by atoms with Crippen LogP contribution in [0.2, 0.25) is 0 Å². The van der Waals surface area contributed by atoms with E-state index in [1.165, 1.54) is 51.0 Å². The summed E-state index contributed by atoms with van der Waals surface area (Å²) in [5, 5.41) is 6.00. The normalized spacial score (nSPS) is 22.0. The summed E-state index contributed by atoms with van der Waals surface area (Å²) in [5.41, 5.74) is 2.44. The van der Waals surface area contributed by atoms with Crippen LogP contribution < -0.4 is 10.6 Å². The van der Waals surface area contributed by atoms with Gasteiger partial charge in [-0.3, -0.25) is 10.1 Å². The Morgan fingerprint density at radius 3 is 2.36 bits per heavy atom. The molecule has 2 aromatic rings. The Morgan fingerprint density at radius 2 is 1.70 bits per heavy atom. The monoisotopic (exact) mass is 452 g/mol. The minimum absolute atomic E-state index is 0.0179. The van der Waals surface area contributed by atoms with Gasteiger partial charge in [0.15, 0.2) is 12.5 Å². The van der Waals surface area contributed by atoms with Crippen LogP contribution in [0.3, 0.4) is 0 Å². The maximum atomic E-state index is 13.2. The summed E-state index contributed by atoms with van der Waals surface area (Å²) in [6.07, 6.45) is 8.16. The van der Waals surface area contributed by atoms with Crippen LogP contribution >= 0.6 is 0 Å². The molecule has 0 spiro atoms. The van der Waals surface area contributed by atoms with E-state index in [1.807, 2.05) is 12.1 Å². The summed E-state index contributed by atoms with van der Waals surface area (Å²) >= 11 is 0. The Balaban J connectivity index is 1.30. The lowest BCUT2D eigenvalue weighted by Gasteiger charge is -2.44. The molecule has 1 saturated heterocycles. The highest BCUT2D eigenvalue weighted by atomic mass is 19.1. The summed E-state index contributed by atoms with van der Waals surface area (Å²) in [6.45, 7) is 4.40. The van der Waals surface area contributed by atoms with E-state index in [-0.39, 0.29) is 17.6 Å². The van der Waals surface area contributed by atoms with Gasteiger partial charge >= 0.3 is 6.03 Å². The second-order valence-corrected chi connectivity index (χ2v) is 9.80. The highest BCUT2D eigenvalue weighted by Gasteiger charge is 2.41. The Bertz CT molecular complexity index is 962. The van der Waals surface area contributed by atoms with Crippen molar-refractivity contribution >= 4 is 17.5 Å². The Morgan fingerprint density at radius 1 is 1.00 bits per heavy atom. The van der Waals surface area contributed by atoms with Crippen molar-refractivity contribution < 1.29 is 18.5 Å². The summed E-state index contributed by atoms with van der Waals surface area (Å²) < 4.78 is 14.2. The Kier molecular flexibility index (Phi) is 7.43. The van der Waals surface area contributed by atoms with Gasteiger partial charge in [0.25, 0.3) is 0 Å². The average molecular weight is 453 g/mol. The number of anilines is 1. The fraction of sp³-hybridized carbons (Fsp3) is 0.481. The van der Waals surface area contributed by atoms with E-state index in [9.17, 15) is 14.0 Å². The molecule has 1 aliphatic carbocycles. The molecule has 2 aliphatic rings. The van der Waals surface area contributed by atoms with E-state index < -0.39 is 0 Å². The third-order valence-corrected chi connectivity index (χ3v) is 7.57. The summed E-state index contributed by atoms with van der Waals surface area (Å²) in [6, 6.07) is 14.3. The van der Waals surface area contributed by atoms with Gasteiger partial charge in [0, 0.05) is 24.1 Å². The van der Waals surface area contributed by atoms with Gasteiger partial charge in [-0.25, -0.2) is 9.18 Å². The van der Waals surface area contributed by atoms with Crippen molar-refractivity contribution in [1.82, 2.24) is 5.32 Å². The van der Waals surface area contributed by atoms with Crippen LogP contribution in [0.1, 0.15) is 61.4 Å². The number of ketones is 1. The molecule has 33 heavy (non-hydrogen) atoms. The summed E-state index contributed by atoms with van der Waals surface area (Å²) in [5.74, 6) is 0.459. The minimum atomic E-state index is -0.218. The van der Waals surface area contributed by atoms with Crippen LogP contribution in [0.25, 0.3) is 0 Å². The number of nitrogens with one attached hydrogen (secondary N) is 2. The molecular formula is C27H35FN3O2+. The maximum Gasteiger partial charge on any atom is 0.323 e. The number of halogens is 1. The van der Waals surface area contributed by atoms with Gasteiger partial charge in [-0.2, -0.15) is 0 Å². The van der Waals surface area contributed by atoms with Gasteiger partial charge in [0.05, 0.1) is 19.1 Å². The van der Waals surface area contributed by atoms with Gasteiger partial charge in [-0.05, 0) is 74.8 Å². The number of carbonyl (C=O) groups is 2. The van der Waals surface area contributed by atoms with Crippen molar-refractivity contribution in [1.29, 1.82) is 0 Å². The quantitative estimate of drug-likeness (QED) is 0.429. The molecule has 5 nitrogen and oxygen atoms in total. The topological polar surface area (TPSA) is 58.2 Å². The molecule has 1 heterocycles. The molecule has 2 amide bonds. The standard InChI is InChI=1S/C27H34FN3O2/c1-20(32)23-5-4-6-25(18-23)30-27(33)29-19-31(15-2-3-16-31)26-13-9-22(10-14-26)17-21-7-11-24(28)12-8-21/h4-8,11-12,18,22,26H,2-3,9-10,13-17,19H2,1H3,(H-,29,30,33)/p+1. The third-order valence-electron chi connectivity index (χ3n) is 7.57. The number of hydrogen-bond donors (Lipinski definition) is 2. The van der Waals surface area contributed by atoms with Crippen molar-refractivity contribution in [2.24, 2.45) is 5.92 Å². The number of benzene rings is 2. The summed E-state index contributed by atoms with van der Waals surface area (Å²) in [4.78, 5) is 24.2. The van der Waals surface area contributed by atoms with Crippen molar-refractivity contribution in [3.8, 4) is 0 Å². The molecule has 0 aromatic heterocycles. The number of nitrogens with zero attached hydrogens (tertiary/aromatic N) is 1. The molecule has 0 bridgehead atoms. The zero-order valence-electron chi connectivity index (χ0n) is 19.5. The molecule has 0 radical (unpaired) electrons. The van der Waals surface area contributed by atoms with Crippen molar-refractivity contribution in [3.05, 3.63) is 65.5 Å². The van der Waals surface area contributed by atoms with Crippen LogP contribution in [-0.4, -0.2) is 42.1 Å². The molecule has 0 atom stereocenters. The lowest BCUT2D eigenvalue weighted by Crippen LogP contribution is -2.59. The van der Waals surface area contributed by atoms with Crippen LogP contribution in [0.5, 0.6) is 0 Å². The zero-order chi connectivity index (χ0) is 23.3. The number of hydrogen-bond acceptors (Lipinski definition) is 2. The van der Waals surface area contributed by atoms with Crippen LogP contribution in [0.15, 0.2) is 48.5 Å². The molecule has 2 fully saturated rings. The van der Waals surface area contributed by atoms with Crippen LogP contribution in [-0.2, 0) is 6.42 Å². The molecule has 4 rings (SSSR count). The summed E-state index contributed by atoms with van der Waals surface area (Å²) in [7, 11) is 0. The average Bonchev–Trinajstić information content (AvgIpc) is 3.30. The molecule has 2 aromatic carbocycles. The van der Waals surface area contributed by atoms with Crippen LogP contribution in [0, 0.1) is 11.7 Å². The maximum absolute atomic E-state index is 13.2. The van der Waals surface area contributed by atoms with Gasteiger partial charge in [0.2, 0.25) is 0 Å². The van der Waals surface area contributed by atoms with Gasteiger partial charge in [-0.15, -0.1) is 0 Å². The lowest BCUT2D eigenvalue weighted by molar-refractivity contribution is -0.943. The number of carbonyl (C=O) groups excluding carboxylic acids is 2. The van der Waals surface area contributed by atoms with Crippen molar-refractivity contribution in [2.45, 2.75) is 57.9 Å². The first-order valence-electron chi connectivity index (χ1n) is 12.2. The highest BCUT2D eigenvalue weighted by Crippen LogP contribution is 2.36. The number of quaternary nitrogens is 1. The van der Waals surface area contributed by atoms with E-state index in [0.717, 1.165) is 24.0 Å². The SMILES string of the molecule is CC(=O)c1cccc(NC(=O)NC[N+]2(C3CCC(Cc4ccc(F)cc4)CC3)CCCC2)c1. The predicted octanol–water partition coefficient (Wildman–Crippen LogP) is 5.52. The van der Waals surface area contributed by atoms with E-state index >= 15 is 0 Å². The molecule has 1 aliphatic heterocycles. The highest BCUT2D eigenvalue weighted by molar-refractivity contribution is 5.96. The Labute approximate surface area is 196 Å². The largest absolute Gasteiger partial charge is 0.323 e. The van der Waals surface area contributed by atoms with E-state index in [4.69, 9.17) is 0 Å². The van der Waals surface area contributed by atoms with Crippen molar-refractivity contribution in [3.63, 3.8) is 0 Å². The number of Topliss-reactive ketones (excluding diaryl/α,β-unsaturated/α-hetero) is 1. The van der Waals surface area contributed by atoms with E-state index in [1.54, 1.807) is 36.4 Å². The van der Waals surface area contributed by atoms with Gasteiger partial charge in [-0.1, -0.05) is 24.3 Å². The first-order chi connectivity index (χ1) is 15.9.